The molecule has 0 saturated heterocycles. The molecule has 1 N–H and O–H groups in total. The van der Waals surface area contributed by atoms with Crippen molar-refractivity contribution in [3.63, 3.8) is 0 Å². The highest BCUT2D eigenvalue weighted by Gasteiger charge is 2.38. The van der Waals surface area contributed by atoms with Crippen LogP contribution in [0.3, 0.4) is 0 Å². The molecule has 0 aromatic heterocycles. The van der Waals surface area contributed by atoms with Gasteiger partial charge in [-0.25, -0.2) is 8.78 Å². The maximum atomic E-state index is 13.3. The minimum atomic E-state index is -0.581. The van der Waals surface area contributed by atoms with Crippen LogP contribution in [0.2, 0.25) is 0 Å². The quantitative estimate of drug-likeness (QED) is 0.858. The van der Waals surface area contributed by atoms with E-state index in [1.807, 2.05) is 6.92 Å². The van der Waals surface area contributed by atoms with Crippen molar-refractivity contribution in [3.8, 4) is 0 Å². The van der Waals surface area contributed by atoms with E-state index in [1.165, 1.54) is 12.1 Å². The molecular weight excluding hydrogens is 224 g/mol. The van der Waals surface area contributed by atoms with Gasteiger partial charge in [-0.15, -0.1) is 0 Å². The van der Waals surface area contributed by atoms with E-state index in [4.69, 9.17) is 0 Å². The lowest BCUT2D eigenvalue weighted by Gasteiger charge is -2.05. The normalized spacial score (nSPS) is 22.3. The molecule has 0 unspecified atom stereocenters. The van der Waals surface area contributed by atoms with Crippen molar-refractivity contribution in [1.82, 2.24) is 5.32 Å². The van der Waals surface area contributed by atoms with Crippen LogP contribution in [0.1, 0.15) is 18.9 Å². The highest BCUT2D eigenvalue weighted by molar-refractivity contribution is 5.81. The predicted molar refractivity (Wildman–Crippen MR) is 60.3 cm³/mol. The Morgan fingerprint density at radius 2 is 2.18 bits per heavy atom. The van der Waals surface area contributed by atoms with Crippen molar-refractivity contribution in [3.05, 3.63) is 35.4 Å². The van der Waals surface area contributed by atoms with E-state index < -0.39 is 11.6 Å². The highest BCUT2D eigenvalue weighted by Crippen LogP contribution is 2.37. The summed E-state index contributed by atoms with van der Waals surface area (Å²) >= 11 is 0. The Kier molecular flexibility index (Phi) is 3.41. The number of hydrogen-bond donors (Lipinski definition) is 1. The van der Waals surface area contributed by atoms with Crippen molar-refractivity contribution in [2.45, 2.75) is 19.8 Å². The number of nitrogens with one attached hydrogen (secondary N) is 1. The largest absolute Gasteiger partial charge is 0.356 e. The van der Waals surface area contributed by atoms with E-state index in [0.29, 0.717) is 24.4 Å². The first-order valence-electron chi connectivity index (χ1n) is 5.79. The van der Waals surface area contributed by atoms with Gasteiger partial charge in [0.05, 0.1) is 0 Å². The first kappa shape index (κ1) is 12.0. The molecule has 2 atom stereocenters. The number of amides is 1. The molecule has 17 heavy (non-hydrogen) atoms. The molecule has 4 heteroatoms. The minimum absolute atomic E-state index is 0.0417. The molecule has 1 amide bonds. The van der Waals surface area contributed by atoms with Gasteiger partial charge in [-0.2, -0.15) is 0 Å². The summed E-state index contributed by atoms with van der Waals surface area (Å²) in [5, 5.41) is 2.77. The summed E-state index contributed by atoms with van der Waals surface area (Å²) in [5.41, 5.74) is 0.426. The average molecular weight is 239 g/mol. The highest BCUT2D eigenvalue weighted by atomic mass is 19.1. The molecule has 2 nitrogen and oxygen atoms in total. The van der Waals surface area contributed by atoms with E-state index in [2.05, 4.69) is 5.32 Å². The number of rotatable bonds is 4. The second kappa shape index (κ2) is 4.82. The van der Waals surface area contributed by atoms with Crippen molar-refractivity contribution in [1.29, 1.82) is 0 Å². The molecule has 0 radical (unpaired) electrons. The van der Waals surface area contributed by atoms with Gasteiger partial charge in [0, 0.05) is 18.5 Å². The Labute approximate surface area is 99.0 Å². The minimum Gasteiger partial charge on any atom is -0.356 e. The number of benzene rings is 1. The monoisotopic (exact) mass is 239 g/mol. The summed E-state index contributed by atoms with van der Waals surface area (Å²) in [6, 6.07) is 3.50. The predicted octanol–water partition coefficient (Wildman–Crippen LogP) is 2.28. The summed E-state index contributed by atoms with van der Waals surface area (Å²) in [4.78, 5) is 11.5. The molecule has 0 aliphatic heterocycles. The van der Waals surface area contributed by atoms with Crippen molar-refractivity contribution in [2.24, 2.45) is 11.8 Å². The third-order valence-electron chi connectivity index (χ3n) is 3.15. The Balaban J connectivity index is 1.80. The zero-order chi connectivity index (χ0) is 12.4. The first-order valence-corrected chi connectivity index (χ1v) is 5.79. The summed E-state index contributed by atoms with van der Waals surface area (Å²) in [5.74, 6) is -0.494. The lowest BCUT2D eigenvalue weighted by Crippen LogP contribution is -2.27. The van der Waals surface area contributed by atoms with Gasteiger partial charge >= 0.3 is 0 Å². The topological polar surface area (TPSA) is 29.1 Å². The van der Waals surface area contributed by atoms with Crippen LogP contribution in [0.15, 0.2) is 18.2 Å². The zero-order valence-electron chi connectivity index (χ0n) is 9.67. The Bertz CT molecular complexity index is 433. The average Bonchev–Trinajstić information content (AvgIpc) is 2.99. The lowest BCUT2D eigenvalue weighted by molar-refractivity contribution is -0.122. The van der Waals surface area contributed by atoms with E-state index >= 15 is 0 Å². The first-order chi connectivity index (χ1) is 8.08. The maximum Gasteiger partial charge on any atom is 0.223 e. The zero-order valence-corrected chi connectivity index (χ0v) is 9.67. The second-order valence-electron chi connectivity index (χ2n) is 4.60. The van der Waals surface area contributed by atoms with Crippen molar-refractivity contribution < 1.29 is 13.6 Å². The molecule has 2 rings (SSSR count). The summed E-state index contributed by atoms with van der Waals surface area (Å²) in [7, 11) is 0. The van der Waals surface area contributed by atoms with Crippen LogP contribution in [0.25, 0.3) is 0 Å². The van der Waals surface area contributed by atoms with Gasteiger partial charge in [0.25, 0.3) is 0 Å². The van der Waals surface area contributed by atoms with Gasteiger partial charge in [-0.05, 0) is 30.4 Å². The van der Waals surface area contributed by atoms with Crippen LogP contribution >= 0.6 is 0 Å². The molecule has 1 aliphatic carbocycles. The Morgan fingerprint density at radius 3 is 2.76 bits per heavy atom. The molecule has 0 spiro atoms. The van der Waals surface area contributed by atoms with E-state index in [9.17, 15) is 13.6 Å². The van der Waals surface area contributed by atoms with E-state index in [-0.39, 0.29) is 11.8 Å². The van der Waals surface area contributed by atoms with Crippen molar-refractivity contribution >= 4 is 5.91 Å². The number of carbonyl (C=O) groups is 1. The lowest BCUT2D eigenvalue weighted by atomic mass is 10.1. The third kappa shape index (κ3) is 3.02. The number of hydrogen-bond acceptors (Lipinski definition) is 1. The summed E-state index contributed by atoms with van der Waals surface area (Å²) in [6.07, 6.45) is 1.33. The van der Waals surface area contributed by atoms with Gasteiger partial charge in [0.15, 0.2) is 0 Å². The third-order valence-corrected chi connectivity index (χ3v) is 3.15. The number of carbonyl (C=O) groups excluding carboxylic acids is 1. The van der Waals surface area contributed by atoms with E-state index in [0.717, 1.165) is 12.5 Å². The molecule has 1 fully saturated rings. The standard InChI is InChI=1S/C13H15F2NO/c1-8-6-11(8)13(17)16-5-4-9-2-3-10(14)7-12(9)15/h2-3,7-8,11H,4-6H2,1H3,(H,16,17)/t8-,11-/m1/s1. The molecule has 0 heterocycles. The molecule has 92 valence electrons. The second-order valence-corrected chi connectivity index (χ2v) is 4.60. The van der Waals surface area contributed by atoms with Gasteiger partial charge < -0.3 is 5.32 Å². The SMILES string of the molecule is C[C@@H]1C[C@H]1C(=O)NCCc1ccc(F)cc1F. The van der Waals surface area contributed by atoms with Crippen LogP contribution in [0, 0.1) is 23.5 Å². The maximum absolute atomic E-state index is 13.3. The fourth-order valence-corrected chi connectivity index (χ4v) is 1.86. The molecule has 1 saturated carbocycles. The van der Waals surface area contributed by atoms with Crippen LogP contribution in [0.4, 0.5) is 8.78 Å². The van der Waals surface area contributed by atoms with Gasteiger partial charge in [0.1, 0.15) is 11.6 Å². The molecule has 1 aromatic carbocycles. The molecule has 1 aromatic rings. The summed E-state index contributed by atoms with van der Waals surface area (Å²) < 4.78 is 25.9. The van der Waals surface area contributed by atoms with Crippen LogP contribution in [-0.4, -0.2) is 12.5 Å². The number of halogens is 2. The van der Waals surface area contributed by atoms with Gasteiger partial charge in [0.2, 0.25) is 5.91 Å². The van der Waals surface area contributed by atoms with Gasteiger partial charge in [-0.3, -0.25) is 4.79 Å². The van der Waals surface area contributed by atoms with Gasteiger partial charge in [-0.1, -0.05) is 13.0 Å². The summed E-state index contributed by atoms with van der Waals surface area (Å²) in [6.45, 7) is 2.43. The Morgan fingerprint density at radius 1 is 1.47 bits per heavy atom. The Hall–Kier alpha value is -1.45. The fourth-order valence-electron chi connectivity index (χ4n) is 1.86. The smallest absolute Gasteiger partial charge is 0.223 e. The van der Waals surface area contributed by atoms with Crippen LogP contribution in [-0.2, 0) is 11.2 Å². The van der Waals surface area contributed by atoms with Crippen LogP contribution < -0.4 is 5.32 Å². The fraction of sp³-hybridized carbons (Fsp3) is 0.462. The van der Waals surface area contributed by atoms with E-state index in [1.54, 1.807) is 0 Å². The molecular formula is C13H15F2NO. The van der Waals surface area contributed by atoms with Crippen molar-refractivity contribution in [2.75, 3.05) is 6.54 Å². The van der Waals surface area contributed by atoms with Crippen LogP contribution in [0.5, 0.6) is 0 Å². The molecule has 0 bridgehead atoms. The molecule has 1 aliphatic rings.